The average Bonchev–Trinajstić information content (AvgIpc) is 2.48. The Hall–Kier alpha value is -2.35. The van der Waals surface area contributed by atoms with Gasteiger partial charge in [0.05, 0.1) is 0 Å². The highest BCUT2D eigenvalue weighted by atomic mass is 16.1. The Labute approximate surface area is 138 Å². The number of carbonyl (C=O) groups excluding carboxylic acids is 1. The summed E-state index contributed by atoms with van der Waals surface area (Å²) in [5.74, 6) is -0.0333. The Morgan fingerprint density at radius 1 is 1.00 bits per heavy atom. The van der Waals surface area contributed by atoms with Gasteiger partial charge in [-0.05, 0) is 47.1 Å². The van der Waals surface area contributed by atoms with E-state index in [2.05, 4.69) is 56.4 Å². The van der Waals surface area contributed by atoms with Crippen LogP contribution in [0.1, 0.15) is 43.9 Å². The van der Waals surface area contributed by atoms with Crippen molar-refractivity contribution in [3.63, 3.8) is 0 Å². The molecule has 0 unspecified atom stereocenters. The van der Waals surface area contributed by atoms with Gasteiger partial charge in [-0.25, -0.2) is 0 Å². The number of allylic oxidation sites excluding steroid dienone is 2. The van der Waals surface area contributed by atoms with Crippen LogP contribution in [0.3, 0.4) is 0 Å². The van der Waals surface area contributed by atoms with E-state index in [1.165, 1.54) is 22.3 Å². The highest BCUT2D eigenvalue weighted by molar-refractivity contribution is 6.04. The summed E-state index contributed by atoms with van der Waals surface area (Å²) in [6.07, 6.45) is 1.02. The summed E-state index contributed by atoms with van der Waals surface area (Å²) in [7, 11) is 0. The molecule has 0 saturated carbocycles. The van der Waals surface area contributed by atoms with Crippen LogP contribution in [0.2, 0.25) is 0 Å². The topological polar surface area (TPSA) is 29.1 Å². The Bertz CT molecular complexity index is 799. The molecule has 2 heteroatoms. The van der Waals surface area contributed by atoms with Gasteiger partial charge in [0, 0.05) is 18.2 Å². The molecular formula is C21H23NO. The van der Waals surface area contributed by atoms with E-state index in [0.29, 0.717) is 0 Å². The Morgan fingerprint density at radius 2 is 1.61 bits per heavy atom. The molecule has 23 heavy (non-hydrogen) atoms. The fourth-order valence-corrected chi connectivity index (χ4v) is 3.58. The molecule has 0 aromatic heterocycles. The molecule has 1 aliphatic rings. The normalized spacial score (nSPS) is 16.0. The molecule has 2 aromatic carbocycles. The number of hydrogen-bond acceptors (Lipinski definition) is 1. The minimum absolute atomic E-state index is 0.0333. The zero-order chi connectivity index (χ0) is 16.6. The largest absolute Gasteiger partial charge is 0.326 e. The predicted octanol–water partition coefficient (Wildman–Crippen LogP) is 5.29. The van der Waals surface area contributed by atoms with Gasteiger partial charge in [-0.1, -0.05) is 56.3 Å². The van der Waals surface area contributed by atoms with Crippen LogP contribution < -0.4 is 5.32 Å². The molecule has 0 heterocycles. The lowest BCUT2D eigenvalue weighted by Gasteiger charge is -2.42. The molecule has 1 amide bonds. The first-order chi connectivity index (χ1) is 10.9. The number of benzene rings is 2. The van der Waals surface area contributed by atoms with E-state index in [4.69, 9.17) is 0 Å². The van der Waals surface area contributed by atoms with Crippen LogP contribution in [-0.4, -0.2) is 5.91 Å². The van der Waals surface area contributed by atoms with Crippen molar-refractivity contribution in [2.24, 2.45) is 5.41 Å². The first kappa shape index (κ1) is 15.5. The number of hydrogen-bond donors (Lipinski definition) is 1. The van der Waals surface area contributed by atoms with Crippen LogP contribution in [0, 0.1) is 12.3 Å². The van der Waals surface area contributed by atoms with Crippen molar-refractivity contribution in [3.05, 3.63) is 65.2 Å². The first-order valence-corrected chi connectivity index (χ1v) is 8.07. The van der Waals surface area contributed by atoms with E-state index in [1.807, 2.05) is 18.2 Å². The molecule has 1 aliphatic carbocycles. The second-order valence-electron chi connectivity index (χ2n) is 6.96. The van der Waals surface area contributed by atoms with Crippen molar-refractivity contribution in [3.8, 4) is 0 Å². The number of aryl methyl sites for hydroxylation is 1. The Kier molecular flexibility index (Phi) is 3.85. The van der Waals surface area contributed by atoms with Gasteiger partial charge in [-0.15, -0.1) is 0 Å². The molecule has 1 N–H and O–H groups in total. The number of carbonyl (C=O) groups is 1. The minimum Gasteiger partial charge on any atom is -0.326 e. The lowest BCUT2D eigenvalue weighted by Crippen LogP contribution is -2.26. The second kappa shape index (κ2) is 5.69. The molecule has 0 atom stereocenters. The van der Waals surface area contributed by atoms with Gasteiger partial charge < -0.3 is 5.32 Å². The van der Waals surface area contributed by atoms with Crippen molar-refractivity contribution in [1.82, 2.24) is 0 Å². The summed E-state index contributed by atoms with van der Waals surface area (Å²) in [4.78, 5) is 11.5. The molecule has 0 spiro atoms. The maximum absolute atomic E-state index is 11.5. The van der Waals surface area contributed by atoms with E-state index in [9.17, 15) is 4.79 Å². The second-order valence-corrected chi connectivity index (χ2v) is 6.96. The SMILES string of the molecule is CC(=O)Nc1ccccc1C1=C(c2ccccc2C)C(C)(C)C1. The molecule has 118 valence electrons. The third-order valence-electron chi connectivity index (χ3n) is 4.57. The maximum Gasteiger partial charge on any atom is 0.221 e. The van der Waals surface area contributed by atoms with Gasteiger partial charge in [0.15, 0.2) is 0 Å². The summed E-state index contributed by atoms with van der Waals surface area (Å²) in [6, 6.07) is 16.6. The maximum atomic E-state index is 11.5. The number of rotatable bonds is 3. The van der Waals surface area contributed by atoms with Crippen LogP contribution in [0.25, 0.3) is 11.1 Å². The average molecular weight is 305 g/mol. The molecule has 0 saturated heterocycles. The summed E-state index contributed by atoms with van der Waals surface area (Å²) in [6.45, 7) is 8.30. The summed E-state index contributed by atoms with van der Waals surface area (Å²) in [5, 5.41) is 2.96. The van der Waals surface area contributed by atoms with E-state index in [0.717, 1.165) is 17.7 Å². The van der Waals surface area contributed by atoms with Crippen molar-refractivity contribution in [2.75, 3.05) is 5.32 Å². The molecule has 0 fully saturated rings. The highest BCUT2D eigenvalue weighted by Gasteiger charge is 2.39. The molecule has 2 aromatic rings. The molecule has 0 aliphatic heterocycles. The van der Waals surface area contributed by atoms with Gasteiger partial charge in [0.25, 0.3) is 0 Å². The lowest BCUT2D eigenvalue weighted by atomic mass is 9.61. The number of amides is 1. The predicted molar refractivity (Wildman–Crippen MR) is 97.1 cm³/mol. The van der Waals surface area contributed by atoms with E-state index < -0.39 is 0 Å². The van der Waals surface area contributed by atoms with Crippen molar-refractivity contribution in [1.29, 1.82) is 0 Å². The standard InChI is InChI=1S/C21H23NO/c1-14-9-5-6-10-16(14)20-18(13-21(20,3)4)17-11-7-8-12-19(17)22-15(2)23/h5-12H,13H2,1-4H3,(H,22,23). The lowest BCUT2D eigenvalue weighted by molar-refractivity contribution is -0.114. The smallest absolute Gasteiger partial charge is 0.221 e. The molecule has 0 radical (unpaired) electrons. The van der Waals surface area contributed by atoms with E-state index in [-0.39, 0.29) is 11.3 Å². The number of para-hydroxylation sites is 1. The Balaban J connectivity index is 2.17. The van der Waals surface area contributed by atoms with Crippen LogP contribution in [0.5, 0.6) is 0 Å². The minimum atomic E-state index is -0.0333. The highest BCUT2D eigenvalue weighted by Crippen LogP contribution is 2.56. The summed E-state index contributed by atoms with van der Waals surface area (Å²) < 4.78 is 0. The molecule has 0 bridgehead atoms. The van der Waals surface area contributed by atoms with Crippen molar-refractivity contribution >= 4 is 22.7 Å². The van der Waals surface area contributed by atoms with Gasteiger partial charge >= 0.3 is 0 Å². The number of nitrogens with one attached hydrogen (secondary N) is 1. The molecule has 2 nitrogen and oxygen atoms in total. The summed E-state index contributed by atoms with van der Waals surface area (Å²) in [5.41, 5.74) is 7.55. The third-order valence-corrected chi connectivity index (χ3v) is 4.57. The number of anilines is 1. The van der Waals surface area contributed by atoms with E-state index in [1.54, 1.807) is 6.92 Å². The van der Waals surface area contributed by atoms with E-state index >= 15 is 0 Å². The third kappa shape index (κ3) is 2.81. The van der Waals surface area contributed by atoms with Crippen LogP contribution in [0.4, 0.5) is 5.69 Å². The van der Waals surface area contributed by atoms with Crippen LogP contribution >= 0.6 is 0 Å². The van der Waals surface area contributed by atoms with Gasteiger partial charge in [0.2, 0.25) is 5.91 Å². The fourth-order valence-electron chi connectivity index (χ4n) is 3.58. The quantitative estimate of drug-likeness (QED) is 0.819. The van der Waals surface area contributed by atoms with Gasteiger partial charge in [0.1, 0.15) is 0 Å². The summed E-state index contributed by atoms with van der Waals surface area (Å²) >= 11 is 0. The van der Waals surface area contributed by atoms with Crippen LogP contribution in [0.15, 0.2) is 48.5 Å². The Morgan fingerprint density at radius 3 is 2.22 bits per heavy atom. The van der Waals surface area contributed by atoms with Crippen LogP contribution in [-0.2, 0) is 4.79 Å². The monoisotopic (exact) mass is 305 g/mol. The first-order valence-electron chi connectivity index (χ1n) is 8.07. The van der Waals surface area contributed by atoms with Crippen molar-refractivity contribution in [2.45, 2.75) is 34.1 Å². The fraction of sp³-hybridized carbons (Fsp3) is 0.286. The molecule has 3 rings (SSSR count). The van der Waals surface area contributed by atoms with Gasteiger partial charge in [-0.3, -0.25) is 4.79 Å². The zero-order valence-corrected chi connectivity index (χ0v) is 14.2. The zero-order valence-electron chi connectivity index (χ0n) is 14.2. The van der Waals surface area contributed by atoms with Gasteiger partial charge in [-0.2, -0.15) is 0 Å². The van der Waals surface area contributed by atoms with Crippen molar-refractivity contribution < 1.29 is 4.79 Å². The molecular weight excluding hydrogens is 282 g/mol.